The van der Waals surface area contributed by atoms with Crippen molar-refractivity contribution in [3.05, 3.63) is 59.4 Å². The minimum absolute atomic E-state index is 0.393. The molecule has 1 saturated heterocycles. The molecule has 3 N–H and O–H groups in total. The third-order valence-corrected chi connectivity index (χ3v) is 5.52. The molecule has 28 heavy (non-hydrogen) atoms. The Bertz CT molecular complexity index is 956. The fourth-order valence-corrected chi connectivity index (χ4v) is 3.88. The van der Waals surface area contributed by atoms with Crippen LogP contribution in [0.25, 0.3) is 11.0 Å². The number of hydrogen-bond donors (Lipinski definition) is 2. The summed E-state index contributed by atoms with van der Waals surface area (Å²) in [4.78, 5) is 21.7. The third kappa shape index (κ3) is 4.17. The summed E-state index contributed by atoms with van der Waals surface area (Å²) < 4.78 is 5.07. The minimum Gasteiger partial charge on any atom is -0.408 e. The van der Waals surface area contributed by atoms with Crippen LogP contribution in [0.2, 0.25) is 0 Å². The summed E-state index contributed by atoms with van der Waals surface area (Å²) in [6.07, 6.45) is 2.40. The summed E-state index contributed by atoms with van der Waals surface area (Å²) in [7, 11) is 0. The van der Waals surface area contributed by atoms with Crippen LogP contribution in [0.5, 0.6) is 5.75 Å². The molecule has 3 aromatic rings. The minimum atomic E-state index is -0.820. The Kier molecular flexibility index (Phi) is 5.30. The largest absolute Gasteiger partial charge is 0.410 e. The van der Waals surface area contributed by atoms with Crippen LogP contribution in [0.15, 0.2) is 42.5 Å². The molecule has 1 fully saturated rings. The standard InChI is InChI=1S/C22H26N4O2/c1-15-5-7-16(8-6-15)9-12-26-13-10-17(11-14-26)21-24-18-3-2-4-19(20(18)25-21)28-22(23)27/h2-8,17H,9-14H2,1H3,(H2,23,27)(H,24,25). The highest BCUT2D eigenvalue weighted by Crippen LogP contribution is 2.30. The zero-order chi connectivity index (χ0) is 19.5. The molecule has 6 nitrogen and oxygen atoms in total. The average molecular weight is 378 g/mol. The van der Waals surface area contributed by atoms with Crippen LogP contribution in [0.3, 0.4) is 0 Å². The molecule has 6 heteroatoms. The van der Waals surface area contributed by atoms with Crippen molar-refractivity contribution in [2.45, 2.75) is 32.1 Å². The number of likely N-dealkylation sites (tertiary alicyclic amines) is 1. The molecule has 1 aliphatic rings. The Balaban J connectivity index is 1.37. The van der Waals surface area contributed by atoms with Crippen LogP contribution in [-0.2, 0) is 6.42 Å². The number of imidazole rings is 1. The fourth-order valence-electron chi connectivity index (χ4n) is 3.88. The molecule has 0 saturated carbocycles. The maximum absolute atomic E-state index is 11.1. The second-order valence-corrected chi connectivity index (χ2v) is 7.55. The lowest BCUT2D eigenvalue weighted by molar-refractivity contribution is 0.211. The number of primary amides is 1. The second-order valence-electron chi connectivity index (χ2n) is 7.55. The van der Waals surface area contributed by atoms with Gasteiger partial charge in [0.1, 0.15) is 11.3 Å². The van der Waals surface area contributed by atoms with Crippen LogP contribution in [0.1, 0.15) is 35.7 Å². The number of aromatic nitrogens is 2. The van der Waals surface area contributed by atoms with Gasteiger partial charge in [0.25, 0.3) is 0 Å². The van der Waals surface area contributed by atoms with Crippen molar-refractivity contribution in [3.8, 4) is 5.75 Å². The summed E-state index contributed by atoms with van der Waals surface area (Å²) in [5.74, 6) is 1.76. The van der Waals surface area contributed by atoms with E-state index < -0.39 is 6.09 Å². The van der Waals surface area contributed by atoms with Crippen molar-refractivity contribution in [3.63, 3.8) is 0 Å². The first-order valence-electron chi connectivity index (χ1n) is 9.82. The molecule has 2 heterocycles. The number of benzene rings is 2. The van der Waals surface area contributed by atoms with Crippen molar-refractivity contribution in [1.29, 1.82) is 0 Å². The Morgan fingerprint density at radius 2 is 1.96 bits per heavy atom. The monoisotopic (exact) mass is 378 g/mol. The topological polar surface area (TPSA) is 84.2 Å². The van der Waals surface area contributed by atoms with Crippen molar-refractivity contribution < 1.29 is 9.53 Å². The number of H-pyrrole nitrogens is 1. The highest BCUT2D eigenvalue weighted by molar-refractivity contribution is 5.84. The lowest BCUT2D eigenvalue weighted by Crippen LogP contribution is -2.34. The van der Waals surface area contributed by atoms with Crippen LogP contribution in [0.4, 0.5) is 4.79 Å². The number of para-hydroxylation sites is 1. The molecule has 0 aliphatic carbocycles. The molecule has 1 amide bonds. The molecule has 0 unspecified atom stereocenters. The summed E-state index contributed by atoms with van der Waals surface area (Å²) in [6, 6.07) is 14.3. The summed E-state index contributed by atoms with van der Waals surface area (Å²) in [6.45, 7) is 5.35. The molecular weight excluding hydrogens is 352 g/mol. The van der Waals surface area contributed by atoms with Crippen molar-refractivity contribution in [2.24, 2.45) is 5.73 Å². The number of nitrogens with zero attached hydrogens (tertiary/aromatic N) is 2. The molecule has 2 aromatic carbocycles. The van der Waals surface area contributed by atoms with Crippen molar-refractivity contribution in [2.75, 3.05) is 19.6 Å². The lowest BCUT2D eigenvalue weighted by Gasteiger charge is -2.31. The Labute approximate surface area is 164 Å². The van der Waals surface area contributed by atoms with Gasteiger partial charge in [-0.25, -0.2) is 9.78 Å². The molecular formula is C22H26N4O2. The zero-order valence-electron chi connectivity index (χ0n) is 16.1. The predicted octanol–water partition coefficient (Wildman–Crippen LogP) is 3.75. The van der Waals surface area contributed by atoms with Gasteiger partial charge in [-0.1, -0.05) is 35.9 Å². The van der Waals surface area contributed by atoms with E-state index in [-0.39, 0.29) is 0 Å². The van der Waals surface area contributed by atoms with Gasteiger partial charge in [0.05, 0.1) is 5.52 Å². The van der Waals surface area contributed by atoms with E-state index in [1.54, 1.807) is 6.07 Å². The van der Waals surface area contributed by atoms with Crippen LogP contribution < -0.4 is 10.5 Å². The number of carbonyl (C=O) groups excluding carboxylic acids is 1. The number of ether oxygens (including phenoxy) is 1. The highest BCUT2D eigenvalue weighted by atomic mass is 16.5. The van der Waals surface area contributed by atoms with Crippen LogP contribution >= 0.6 is 0 Å². The Morgan fingerprint density at radius 3 is 2.68 bits per heavy atom. The number of aryl methyl sites for hydroxylation is 1. The third-order valence-electron chi connectivity index (χ3n) is 5.52. The molecule has 4 rings (SSSR count). The van der Waals surface area contributed by atoms with E-state index in [2.05, 4.69) is 41.1 Å². The van der Waals surface area contributed by atoms with E-state index in [9.17, 15) is 4.79 Å². The second kappa shape index (κ2) is 8.02. The number of rotatable bonds is 5. The maximum atomic E-state index is 11.1. The maximum Gasteiger partial charge on any atom is 0.410 e. The van der Waals surface area contributed by atoms with E-state index in [0.717, 1.165) is 50.2 Å². The van der Waals surface area contributed by atoms with Crippen molar-refractivity contribution in [1.82, 2.24) is 14.9 Å². The van der Waals surface area contributed by atoms with E-state index in [1.807, 2.05) is 12.1 Å². The molecule has 0 bridgehead atoms. The molecule has 146 valence electrons. The van der Waals surface area contributed by atoms with Gasteiger partial charge in [0, 0.05) is 12.5 Å². The summed E-state index contributed by atoms with van der Waals surface area (Å²) in [5.41, 5.74) is 9.39. The smallest absolute Gasteiger partial charge is 0.408 e. The molecule has 0 spiro atoms. The number of amides is 1. The zero-order valence-corrected chi connectivity index (χ0v) is 16.1. The van der Waals surface area contributed by atoms with E-state index in [1.165, 1.54) is 11.1 Å². The first-order chi connectivity index (χ1) is 13.6. The van der Waals surface area contributed by atoms with E-state index in [4.69, 9.17) is 15.5 Å². The molecule has 1 aromatic heterocycles. The van der Waals surface area contributed by atoms with Gasteiger partial charge in [0.15, 0.2) is 5.75 Å². The first kappa shape index (κ1) is 18.5. The Hall–Kier alpha value is -2.86. The van der Waals surface area contributed by atoms with Gasteiger partial charge in [-0.15, -0.1) is 0 Å². The number of carbonyl (C=O) groups is 1. The number of hydrogen-bond acceptors (Lipinski definition) is 4. The van der Waals surface area contributed by atoms with E-state index >= 15 is 0 Å². The van der Waals surface area contributed by atoms with E-state index in [0.29, 0.717) is 17.2 Å². The van der Waals surface area contributed by atoms with Gasteiger partial charge in [-0.3, -0.25) is 0 Å². The average Bonchev–Trinajstić information content (AvgIpc) is 3.13. The number of nitrogens with one attached hydrogen (secondary N) is 1. The van der Waals surface area contributed by atoms with Gasteiger partial charge < -0.3 is 20.4 Å². The number of piperidine rings is 1. The van der Waals surface area contributed by atoms with Gasteiger partial charge in [-0.05, 0) is 57.0 Å². The predicted molar refractivity (Wildman–Crippen MR) is 110 cm³/mol. The van der Waals surface area contributed by atoms with Gasteiger partial charge in [-0.2, -0.15) is 0 Å². The van der Waals surface area contributed by atoms with Crippen molar-refractivity contribution >= 4 is 17.1 Å². The molecule has 0 atom stereocenters. The normalized spacial score (nSPS) is 15.8. The highest BCUT2D eigenvalue weighted by Gasteiger charge is 2.23. The first-order valence-corrected chi connectivity index (χ1v) is 9.82. The number of nitrogens with two attached hydrogens (primary N) is 1. The number of fused-ring (bicyclic) bond motifs is 1. The fraction of sp³-hybridized carbons (Fsp3) is 0.364. The quantitative estimate of drug-likeness (QED) is 0.708. The number of aromatic amines is 1. The molecule has 1 aliphatic heterocycles. The summed E-state index contributed by atoms with van der Waals surface area (Å²) in [5, 5.41) is 0. The van der Waals surface area contributed by atoms with Gasteiger partial charge in [0.2, 0.25) is 0 Å². The van der Waals surface area contributed by atoms with Crippen LogP contribution in [-0.4, -0.2) is 40.6 Å². The SMILES string of the molecule is Cc1ccc(CCN2CCC(c3nc4c(OC(N)=O)cccc4[nH]3)CC2)cc1. The van der Waals surface area contributed by atoms with Gasteiger partial charge >= 0.3 is 6.09 Å². The van der Waals surface area contributed by atoms with Crippen LogP contribution in [0, 0.1) is 6.92 Å². The molecule has 0 radical (unpaired) electrons. The lowest BCUT2D eigenvalue weighted by atomic mass is 9.96. The Morgan fingerprint density at radius 1 is 1.21 bits per heavy atom. The summed E-state index contributed by atoms with van der Waals surface area (Å²) >= 11 is 0.